The first kappa shape index (κ1) is 12.5. The average molecular weight is 244 g/mol. The molecule has 18 heavy (non-hydrogen) atoms. The lowest BCUT2D eigenvalue weighted by atomic mass is 10.1. The zero-order chi connectivity index (χ0) is 13.0. The van der Waals surface area contributed by atoms with Crippen molar-refractivity contribution in [1.82, 2.24) is 9.97 Å². The Hall–Kier alpha value is -1.94. The molecule has 0 aliphatic carbocycles. The number of ether oxygens (including phenoxy) is 1. The summed E-state index contributed by atoms with van der Waals surface area (Å²) in [6.07, 6.45) is 3.57. The lowest BCUT2D eigenvalue weighted by Gasteiger charge is -2.08. The summed E-state index contributed by atoms with van der Waals surface area (Å²) in [7, 11) is 1.58. The fourth-order valence-corrected chi connectivity index (χ4v) is 1.66. The van der Waals surface area contributed by atoms with Crippen molar-refractivity contribution in [2.75, 3.05) is 7.11 Å². The molecule has 1 heterocycles. The second-order valence-electron chi connectivity index (χ2n) is 3.99. The minimum atomic E-state index is -0.407. The van der Waals surface area contributed by atoms with Crippen LogP contribution in [0, 0.1) is 0 Å². The lowest BCUT2D eigenvalue weighted by molar-refractivity contribution is 0.173. The van der Waals surface area contributed by atoms with Crippen LogP contribution in [0.25, 0.3) is 11.4 Å². The van der Waals surface area contributed by atoms with E-state index in [0.717, 1.165) is 11.1 Å². The number of hydrogen-bond donors (Lipinski definition) is 1. The summed E-state index contributed by atoms with van der Waals surface area (Å²) in [6.45, 7) is 1.95. The molecule has 4 heteroatoms. The molecule has 0 fully saturated rings. The van der Waals surface area contributed by atoms with Gasteiger partial charge in [0, 0.05) is 5.56 Å². The molecular formula is C14H16N2O2. The molecule has 0 radical (unpaired) electrons. The first-order chi connectivity index (χ1) is 8.74. The number of benzene rings is 1. The molecule has 0 aliphatic rings. The molecule has 1 aromatic carbocycles. The molecule has 1 unspecified atom stereocenters. The zero-order valence-electron chi connectivity index (χ0n) is 10.5. The molecule has 1 N–H and O–H groups in total. The third-order valence-electron chi connectivity index (χ3n) is 2.80. The maximum absolute atomic E-state index is 9.71. The minimum Gasteiger partial charge on any atom is -0.494 e. The van der Waals surface area contributed by atoms with Gasteiger partial charge in [-0.25, -0.2) is 9.97 Å². The Labute approximate surface area is 106 Å². The SMILES string of the molecule is CCC(O)c1ccc(-c2ncc(OC)cn2)cc1. The van der Waals surface area contributed by atoms with Gasteiger partial charge < -0.3 is 9.84 Å². The number of nitrogens with zero attached hydrogens (tertiary/aromatic N) is 2. The smallest absolute Gasteiger partial charge is 0.159 e. The van der Waals surface area contributed by atoms with Gasteiger partial charge in [0.15, 0.2) is 11.6 Å². The summed E-state index contributed by atoms with van der Waals surface area (Å²) < 4.78 is 5.01. The highest BCUT2D eigenvalue weighted by Crippen LogP contribution is 2.21. The summed E-state index contributed by atoms with van der Waals surface area (Å²) in [4.78, 5) is 8.43. The van der Waals surface area contributed by atoms with Gasteiger partial charge in [-0.3, -0.25) is 0 Å². The molecular weight excluding hydrogens is 228 g/mol. The van der Waals surface area contributed by atoms with Crippen LogP contribution in [0.2, 0.25) is 0 Å². The largest absolute Gasteiger partial charge is 0.494 e. The standard InChI is InChI=1S/C14H16N2O2/c1-3-13(17)10-4-6-11(7-5-10)14-15-8-12(18-2)9-16-14/h4-9,13,17H,3H2,1-2H3. The van der Waals surface area contributed by atoms with Gasteiger partial charge >= 0.3 is 0 Å². The second kappa shape index (κ2) is 5.60. The van der Waals surface area contributed by atoms with Gasteiger partial charge in [-0.1, -0.05) is 31.2 Å². The fourth-order valence-electron chi connectivity index (χ4n) is 1.66. The Bertz CT molecular complexity index is 494. The quantitative estimate of drug-likeness (QED) is 0.898. The minimum absolute atomic E-state index is 0.407. The van der Waals surface area contributed by atoms with E-state index < -0.39 is 6.10 Å². The first-order valence-electron chi connectivity index (χ1n) is 5.89. The first-order valence-corrected chi connectivity index (χ1v) is 5.89. The Kier molecular flexibility index (Phi) is 3.89. The summed E-state index contributed by atoms with van der Waals surface area (Å²) in [6, 6.07) is 7.63. The van der Waals surface area contributed by atoms with Gasteiger partial charge in [0.05, 0.1) is 25.6 Å². The molecule has 2 aromatic rings. The van der Waals surface area contributed by atoms with Crippen LogP contribution in [0.5, 0.6) is 5.75 Å². The van der Waals surface area contributed by atoms with E-state index in [-0.39, 0.29) is 0 Å². The van der Waals surface area contributed by atoms with Crippen LogP contribution < -0.4 is 4.74 Å². The van der Waals surface area contributed by atoms with Crippen LogP contribution in [-0.2, 0) is 0 Å². The molecule has 1 aromatic heterocycles. The van der Waals surface area contributed by atoms with Crippen molar-refractivity contribution in [2.24, 2.45) is 0 Å². The van der Waals surface area contributed by atoms with E-state index in [0.29, 0.717) is 18.0 Å². The van der Waals surface area contributed by atoms with Gasteiger partial charge in [-0.15, -0.1) is 0 Å². The monoisotopic (exact) mass is 244 g/mol. The van der Waals surface area contributed by atoms with E-state index in [9.17, 15) is 5.11 Å². The third-order valence-corrected chi connectivity index (χ3v) is 2.80. The number of rotatable bonds is 4. The zero-order valence-corrected chi connectivity index (χ0v) is 10.5. The molecule has 2 rings (SSSR count). The summed E-state index contributed by atoms with van der Waals surface area (Å²) >= 11 is 0. The second-order valence-corrected chi connectivity index (χ2v) is 3.99. The molecule has 1 atom stereocenters. The maximum Gasteiger partial charge on any atom is 0.159 e. The van der Waals surface area contributed by atoms with Crippen molar-refractivity contribution in [3.05, 3.63) is 42.2 Å². The molecule has 0 saturated heterocycles. The Balaban J connectivity index is 2.22. The maximum atomic E-state index is 9.71. The van der Waals surface area contributed by atoms with Crippen LogP contribution in [-0.4, -0.2) is 22.2 Å². The van der Waals surface area contributed by atoms with E-state index in [4.69, 9.17) is 4.74 Å². The Morgan fingerprint density at radius 3 is 2.28 bits per heavy atom. The van der Waals surface area contributed by atoms with Crippen LogP contribution >= 0.6 is 0 Å². The van der Waals surface area contributed by atoms with Crippen molar-refractivity contribution in [3.63, 3.8) is 0 Å². The summed E-state index contributed by atoms with van der Waals surface area (Å²) in [5.41, 5.74) is 1.83. The number of methoxy groups -OCH3 is 1. The van der Waals surface area contributed by atoms with E-state index in [1.54, 1.807) is 19.5 Å². The van der Waals surface area contributed by atoms with Crippen LogP contribution in [0.4, 0.5) is 0 Å². The highest BCUT2D eigenvalue weighted by molar-refractivity contribution is 5.55. The molecule has 0 bridgehead atoms. The van der Waals surface area contributed by atoms with E-state index in [1.165, 1.54) is 0 Å². The highest BCUT2D eigenvalue weighted by atomic mass is 16.5. The van der Waals surface area contributed by atoms with Crippen molar-refractivity contribution in [3.8, 4) is 17.1 Å². The highest BCUT2D eigenvalue weighted by Gasteiger charge is 2.06. The number of aliphatic hydroxyl groups is 1. The molecule has 4 nitrogen and oxygen atoms in total. The molecule has 0 amide bonds. The van der Waals surface area contributed by atoms with E-state index in [1.807, 2.05) is 31.2 Å². The summed E-state index contributed by atoms with van der Waals surface area (Å²) in [5.74, 6) is 1.28. The lowest BCUT2D eigenvalue weighted by Crippen LogP contribution is -1.95. The molecule has 0 aliphatic heterocycles. The van der Waals surface area contributed by atoms with E-state index in [2.05, 4.69) is 9.97 Å². The predicted molar refractivity (Wildman–Crippen MR) is 69.3 cm³/mol. The molecule has 94 valence electrons. The normalized spacial score (nSPS) is 12.2. The van der Waals surface area contributed by atoms with Gasteiger partial charge in [0.1, 0.15) is 0 Å². The van der Waals surface area contributed by atoms with Crippen LogP contribution in [0.1, 0.15) is 25.0 Å². The third kappa shape index (κ3) is 2.65. The van der Waals surface area contributed by atoms with Gasteiger partial charge in [0.2, 0.25) is 0 Å². The van der Waals surface area contributed by atoms with Crippen molar-refractivity contribution >= 4 is 0 Å². The Morgan fingerprint density at radius 1 is 1.17 bits per heavy atom. The van der Waals surface area contributed by atoms with Crippen molar-refractivity contribution in [2.45, 2.75) is 19.4 Å². The summed E-state index contributed by atoms with van der Waals surface area (Å²) in [5, 5.41) is 9.71. The fraction of sp³-hybridized carbons (Fsp3) is 0.286. The Morgan fingerprint density at radius 2 is 1.78 bits per heavy atom. The van der Waals surface area contributed by atoms with Gasteiger partial charge in [0.25, 0.3) is 0 Å². The van der Waals surface area contributed by atoms with Crippen LogP contribution in [0.15, 0.2) is 36.7 Å². The predicted octanol–water partition coefficient (Wildman–Crippen LogP) is 2.60. The average Bonchev–Trinajstić information content (AvgIpc) is 2.47. The molecule has 0 saturated carbocycles. The number of aliphatic hydroxyl groups excluding tert-OH is 1. The molecule has 0 spiro atoms. The van der Waals surface area contributed by atoms with Gasteiger partial charge in [-0.2, -0.15) is 0 Å². The number of aromatic nitrogens is 2. The van der Waals surface area contributed by atoms with E-state index >= 15 is 0 Å². The topological polar surface area (TPSA) is 55.2 Å². The van der Waals surface area contributed by atoms with Gasteiger partial charge in [-0.05, 0) is 12.0 Å². The van der Waals surface area contributed by atoms with Crippen molar-refractivity contribution in [1.29, 1.82) is 0 Å². The van der Waals surface area contributed by atoms with Crippen molar-refractivity contribution < 1.29 is 9.84 Å². The number of hydrogen-bond acceptors (Lipinski definition) is 4. The van der Waals surface area contributed by atoms with Crippen LogP contribution in [0.3, 0.4) is 0 Å².